The van der Waals surface area contributed by atoms with Crippen molar-refractivity contribution >= 4 is 0 Å². The number of benzene rings is 2. The zero-order valence-corrected chi connectivity index (χ0v) is 11.7. The lowest BCUT2D eigenvalue weighted by Gasteiger charge is -2.26. The summed E-state index contributed by atoms with van der Waals surface area (Å²) in [5.74, 6) is -1.00. The second kappa shape index (κ2) is 7.08. The van der Waals surface area contributed by atoms with E-state index in [-0.39, 0.29) is 11.8 Å². The van der Waals surface area contributed by atoms with Crippen molar-refractivity contribution in [2.75, 3.05) is 0 Å². The summed E-state index contributed by atoms with van der Waals surface area (Å²) in [5, 5.41) is 18.7. The SMILES string of the molecule is C=CC(c1ccccc1)C(c1ccccc1)C(C#N)C#N. The zero-order valence-electron chi connectivity index (χ0n) is 11.7. The fourth-order valence-electron chi connectivity index (χ4n) is 2.64. The summed E-state index contributed by atoms with van der Waals surface area (Å²) in [6.45, 7) is 3.92. The Morgan fingerprint density at radius 2 is 1.29 bits per heavy atom. The first-order valence-corrected chi connectivity index (χ1v) is 6.83. The van der Waals surface area contributed by atoms with Gasteiger partial charge in [0.1, 0.15) is 5.92 Å². The lowest BCUT2D eigenvalue weighted by molar-refractivity contribution is 0.556. The van der Waals surface area contributed by atoms with Crippen LogP contribution in [0.4, 0.5) is 0 Å². The number of hydrogen-bond donors (Lipinski definition) is 0. The Morgan fingerprint density at radius 3 is 1.71 bits per heavy atom. The van der Waals surface area contributed by atoms with Crippen LogP contribution in [0.2, 0.25) is 0 Å². The molecule has 2 aromatic rings. The summed E-state index contributed by atoms with van der Waals surface area (Å²) >= 11 is 0. The number of allylic oxidation sites excluding steroid dienone is 1. The molecule has 0 bridgehead atoms. The molecule has 0 aliphatic carbocycles. The molecule has 0 aromatic heterocycles. The lowest BCUT2D eigenvalue weighted by Crippen LogP contribution is -2.17. The molecule has 0 amide bonds. The largest absolute Gasteiger partial charge is 0.197 e. The van der Waals surface area contributed by atoms with Crippen LogP contribution in [0.1, 0.15) is 23.0 Å². The lowest BCUT2D eigenvalue weighted by atomic mass is 9.75. The molecule has 102 valence electrons. The van der Waals surface area contributed by atoms with Crippen molar-refractivity contribution in [1.82, 2.24) is 0 Å². The highest BCUT2D eigenvalue weighted by atomic mass is 14.4. The number of rotatable bonds is 5. The minimum Gasteiger partial charge on any atom is -0.197 e. The van der Waals surface area contributed by atoms with E-state index in [0.29, 0.717) is 0 Å². The zero-order chi connectivity index (χ0) is 15.1. The molecule has 0 saturated carbocycles. The van der Waals surface area contributed by atoms with Gasteiger partial charge in [-0.15, -0.1) is 6.58 Å². The van der Waals surface area contributed by atoms with Gasteiger partial charge < -0.3 is 0 Å². The van der Waals surface area contributed by atoms with Crippen molar-refractivity contribution in [2.24, 2.45) is 5.92 Å². The Kier molecular flexibility index (Phi) is 4.91. The molecule has 2 unspecified atom stereocenters. The molecule has 0 radical (unpaired) electrons. The molecule has 0 N–H and O–H groups in total. The van der Waals surface area contributed by atoms with Gasteiger partial charge in [0.05, 0.1) is 12.1 Å². The van der Waals surface area contributed by atoms with Gasteiger partial charge >= 0.3 is 0 Å². The first-order valence-electron chi connectivity index (χ1n) is 6.83. The third-order valence-corrected chi connectivity index (χ3v) is 3.65. The summed E-state index contributed by atoms with van der Waals surface area (Å²) in [6.07, 6.45) is 1.83. The van der Waals surface area contributed by atoms with Crippen molar-refractivity contribution in [2.45, 2.75) is 11.8 Å². The molecule has 0 aliphatic heterocycles. The Morgan fingerprint density at radius 1 is 0.810 bits per heavy atom. The van der Waals surface area contributed by atoms with Crippen molar-refractivity contribution < 1.29 is 0 Å². The molecule has 2 rings (SSSR count). The van der Waals surface area contributed by atoms with Gasteiger partial charge in [0.15, 0.2) is 0 Å². The molecule has 21 heavy (non-hydrogen) atoms. The quantitative estimate of drug-likeness (QED) is 0.757. The van der Waals surface area contributed by atoms with E-state index in [4.69, 9.17) is 0 Å². The molecule has 2 aromatic carbocycles. The van der Waals surface area contributed by atoms with Crippen LogP contribution in [-0.4, -0.2) is 0 Å². The minimum absolute atomic E-state index is 0.0714. The van der Waals surface area contributed by atoms with E-state index < -0.39 is 5.92 Å². The maximum Gasteiger partial charge on any atom is 0.141 e. The first kappa shape index (κ1) is 14.6. The molecule has 2 nitrogen and oxygen atoms in total. The van der Waals surface area contributed by atoms with Crippen LogP contribution in [0.5, 0.6) is 0 Å². The van der Waals surface area contributed by atoms with Crippen LogP contribution in [-0.2, 0) is 0 Å². The summed E-state index contributed by atoms with van der Waals surface area (Å²) < 4.78 is 0. The molecular formula is C19H16N2. The highest BCUT2D eigenvalue weighted by Gasteiger charge is 2.30. The smallest absolute Gasteiger partial charge is 0.141 e. The fourth-order valence-corrected chi connectivity index (χ4v) is 2.64. The predicted molar refractivity (Wildman–Crippen MR) is 83.3 cm³/mol. The van der Waals surface area contributed by atoms with E-state index in [1.807, 2.05) is 66.7 Å². The van der Waals surface area contributed by atoms with Gasteiger partial charge in [-0.25, -0.2) is 0 Å². The standard InChI is InChI=1S/C19H16N2/c1-2-18(15-9-5-3-6-10-15)19(17(13-20)14-21)16-11-7-4-8-12-16/h2-12,17-19H,1H2. The number of nitriles is 2. The van der Waals surface area contributed by atoms with Crippen LogP contribution >= 0.6 is 0 Å². The maximum atomic E-state index is 9.34. The summed E-state index contributed by atoms with van der Waals surface area (Å²) in [4.78, 5) is 0. The monoisotopic (exact) mass is 272 g/mol. The van der Waals surface area contributed by atoms with Gasteiger partial charge in [-0.3, -0.25) is 0 Å². The highest BCUT2D eigenvalue weighted by Crippen LogP contribution is 2.39. The van der Waals surface area contributed by atoms with Crippen LogP contribution in [0.15, 0.2) is 73.3 Å². The fraction of sp³-hybridized carbons (Fsp3) is 0.158. The van der Waals surface area contributed by atoms with Crippen LogP contribution in [0.25, 0.3) is 0 Å². The number of hydrogen-bond acceptors (Lipinski definition) is 2. The summed E-state index contributed by atoms with van der Waals surface area (Å²) in [5.41, 5.74) is 2.05. The number of nitrogens with zero attached hydrogens (tertiary/aromatic N) is 2. The van der Waals surface area contributed by atoms with Gasteiger partial charge in [-0.1, -0.05) is 66.7 Å². The van der Waals surface area contributed by atoms with Crippen LogP contribution in [0, 0.1) is 28.6 Å². The Balaban J connectivity index is 2.51. The Bertz CT molecular complexity index is 648. The van der Waals surface area contributed by atoms with E-state index in [9.17, 15) is 10.5 Å². The summed E-state index contributed by atoms with van der Waals surface area (Å²) in [6, 6.07) is 23.9. The normalized spacial score (nSPS) is 12.9. The Labute approximate surface area is 125 Å². The molecule has 2 heteroatoms. The van der Waals surface area contributed by atoms with Crippen molar-refractivity contribution in [3.05, 3.63) is 84.4 Å². The summed E-state index contributed by atoms with van der Waals surface area (Å²) in [7, 11) is 0. The van der Waals surface area contributed by atoms with E-state index in [1.54, 1.807) is 0 Å². The average molecular weight is 272 g/mol. The van der Waals surface area contributed by atoms with E-state index in [2.05, 4.69) is 18.7 Å². The van der Waals surface area contributed by atoms with Crippen molar-refractivity contribution in [1.29, 1.82) is 10.5 Å². The average Bonchev–Trinajstić information content (AvgIpc) is 2.57. The topological polar surface area (TPSA) is 47.6 Å². The Hall–Kier alpha value is -2.84. The van der Waals surface area contributed by atoms with Gasteiger partial charge in [-0.05, 0) is 11.1 Å². The van der Waals surface area contributed by atoms with E-state index in [0.717, 1.165) is 11.1 Å². The third kappa shape index (κ3) is 3.19. The minimum atomic E-state index is -0.712. The van der Waals surface area contributed by atoms with Gasteiger partial charge in [-0.2, -0.15) is 10.5 Å². The highest BCUT2D eigenvalue weighted by molar-refractivity contribution is 5.35. The third-order valence-electron chi connectivity index (χ3n) is 3.65. The molecule has 0 heterocycles. The molecule has 0 fully saturated rings. The van der Waals surface area contributed by atoms with Crippen LogP contribution in [0.3, 0.4) is 0 Å². The van der Waals surface area contributed by atoms with Crippen molar-refractivity contribution in [3.8, 4) is 12.1 Å². The second-order valence-electron chi connectivity index (χ2n) is 4.84. The van der Waals surface area contributed by atoms with Gasteiger partial charge in [0.2, 0.25) is 0 Å². The molecule has 0 aliphatic rings. The molecule has 0 saturated heterocycles. The maximum absolute atomic E-state index is 9.34. The van der Waals surface area contributed by atoms with E-state index in [1.165, 1.54) is 0 Å². The molecule has 2 atom stereocenters. The molecular weight excluding hydrogens is 256 g/mol. The predicted octanol–water partition coefficient (Wildman–Crippen LogP) is 4.40. The van der Waals surface area contributed by atoms with Crippen LogP contribution < -0.4 is 0 Å². The van der Waals surface area contributed by atoms with Crippen molar-refractivity contribution in [3.63, 3.8) is 0 Å². The molecule has 0 spiro atoms. The second-order valence-corrected chi connectivity index (χ2v) is 4.84. The van der Waals surface area contributed by atoms with Gasteiger partial charge in [0.25, 0.3) is 0 Å². The van der Waals surface area contributed by atoms with E-state index >= 15 is 0 Å². The first-order chi connectivity index (χ1) is 10.3. The van der Waals surface area contributed by atoms with Gasteiger partial charge in [0, 0.05) is 11.8 Å².